The van der Waals surface area contributed by atoms with Gasteiger partial charge in [0, 0.05) is 5.56 Å². The molecule has 2 N–H and O–H groups in total. The lowest BCUT2D eigenvalue weighted by molar-refractivity contribution is 0.100. The number of rotatable bonds is 5. The van der Waals surface area contributed by atoms with Crippen LogP contribution in [0.25, 0.3) is 0 Å². The van der Waals surface area contributed by atoms with Crippen LogP contribution < -0.4 is 5.73 Å². The lowest BCUT2D eigenvalue weighted by atomic mass is 10.1. The van der Waals surface area contributed by atoms with E-state index in [-0.39, 0.29) is 10.6 Å². The first-order chi connectivity index (χ1) is 10.4. The Bertz CT molecular complexity index is 817. The van der Waals surface area contributed by atoms with Gasteiger partial charge in [0.1, 0.15) is 0 Å². The molecule has 0 spiro atoms. The van der Waals surface area contributed by atoms with Crippen molar-refractivity contribution in [1.29, 1.82) is 5.26 Å². The van der Waals surface area contributed by atoms with E-state index in [1.165, 1.54) is 24.3 Å². The second-order valence-electron chi connectivity index (χ2n) is 4.77. The molecule has 0 fully saturated rings. The van der Waals surface area contributed by atoms with Crippen LogP contribution in [0.3, 0.4) is 0 Å². The SMILES string of the molecule is N#Cc1ccc(S(=O)(=O)CCc2ccc(C(N)=O)cc2)cc1. The van der Waals surface area contributed by atoms with Gasteiger partial charge < -0.3 is 5.73 Å². The maximum absolute atomic E-state index is 12.2. The van der Waals surface area contributed by atoms with Crippen LogP contribution in [-0.2, 0) is 16.3 Å². The fourth-order valence-electron chi connectivity index (χ4n) is 1.94. The number of amides is 1. The van der Waals surface area contributed by atoms with Crippen molar-refractivity contribution in [2.75, 3.05) is 5.75 Å². The first-order valence-corrected chi connectivity index (χ1v) is 8.19. The van der Waals surface area contributed by atoms with Crippen molar-refractivity contribution in [3.05, 3.63) is 65.2 Å². The fourth-order valence-corrected chi connectivity index (χ4v) is 3.23. The second kappa shape index (κ2) is 6.41. The molecular weight excluding hydrogens is 300 g/mol. The monoisotopic (exact) mass is 314 g/mol. The molecule has 2 rings (SSSR count). The zero-order chi connectivity index (χ0) is 16.2. The largest absolute Gasteiger partial charge is 0.366 e. The normalized spacial score (nSPS) is 10.9. The van der Waals surface area contributed by atoms with E-state index in [0.717, 1.165) is 5.56 Å². The van der Waals surface area contributed by atoms with Crippen molar-refractivity contribution in [2.45, 2.75) is 11.3 Å². The minimum atomic E-state index is -3.41. The Kier molecular flexibility index (Phi) is 4.59. The van der Waals surface area contributed by atoms with Crippen LogP contribution in [0.1, 0.15) is 21.5 Å². The Hall–Kier alpha value is -2.65. The molecule has 1 amide bonds. The number of nitrogens with zero attached hydrogens (tertiary/aromatic N) is 1. The maximum Gasteiger partial charge on any atom is 0.248 e. The standard InChI is InChI=1S/C16H14N2O3S/c17-11-13-3-7-15(8-4-13)22(20,21)10-9-12-1-5-14(6-2-12)16(18)19/h1-8H,9-10H2,(H2,18,19). The number of nitriles is 1. The molecule has 0 saturated heterocycles. The molecule has 112 valence electrons. The molecule has 0 aliphatic heterocycles. The molecule has 0 aliphatic carbocycles. The molecular formula is C16H14N2O3S. The molecule has 6 heteroatoms. The Morgan fingerprint density at radius 1 is 1.05 bits per heavy atom. The van der Waals surface area contributed by atoms with Crippen LogP contribution in [0.4, 0.5) is 0 Å². The fraction of sp³-hybridized carbons (Fsp3) is 0.125. The average Bonchev–Trinajstić information content (AvgIpc) is 2.53. The number of sulfone groups is 1. The highest BCUT2D eigenvalue weighted by Crippen LogP contribution is 2.14. The van der Waals surface area contributed by atoms with Gasteiger partial charge in [0.2, 0.25) is 5.91 Å². The lowest BCUT2D eigenvalue weighted by Crippen LogP contribution is -2.11. The van der Waals surface area contributed by atoms with Crippen LogP contribution in [0.2, 0.25) is 0 Å². The molecule has 0 unspecified atom stereocenters. The van der Waals surface area contributed by atoms with Gasteiger partial charge in [-0.25, -0.2) is 8.42 Å². The molecule has 0 saturated carbocycles. The predicted molar refractivity (Wildman–Crippen MR) is 81.9 cm³/mol. The van der Waals surface area contributed by atoms with E-state index in [1.54, 1.807) is 24.3 Å². The van der Waals surface area contributed by atoms with E-state index in [0.29, 0.717) is 17.5 Å². The van der Waals surface area contributed by atoms with Crippen molar-refractivity contribution in [1.82, 2.24) is 0 Å². The topological polar surface area (TPSA) is 101 Å². The summed E-state index contributed by atoms with van der Waals surface area (Å²) in [5.74, 6) is -0.564. The Morgan fingerprint density at radius 3 is 2.14 bits per heavy atom. The molecule has 2 aromatic carbocycles. The van der Waals surface area contributed by atoms with Crippen LogP contribution in [0.15, 0.2) is 53.4 Å². The average molecular weight is 314 g/mol. The summed E-state index contributed by atoms with van der Waals surface area (Å²) in [6, 6.07) is 14.3. The molecule has 22 heavy (non-hydrogen) atoms. The summed E-state index contributed by atoms with van der Waals surface area (Å²) in [6.45, 7) is 0. The van der Waals surface area contributed by atoms with Gasteiger partial charge in [-0.3, -0.25) is 4.79 Å². The highest BCUT2D eigenvalue weighted by Gasteiger charge is 2.14. The number of carbonyl (C=O) groups excluding carboxylic acids is 1. The summed E-state index contributed by atoms with van der Waals surface area (Å²) in [5, 5.41) is 8.71. The zero-order valence-electron chi connectivity index (χ0n) is 11.7. The predicted octanol–water partition coefficient (Wildman–Crippen LogP) is 1.67. The van der Waals surface area contributed by atoms with Crippen molar-refractivity contribution < 1.29 is 13.2 Å². The van der Waals surface area contributed by atoms with Crippen LogP contribution in [0, 0.1) is 11.3 Å². The summed E-state index contributed by atoms with van der Waals surface area (Å²) in [5.41, 5.74) is 6.76. The van der Waals surface area contributed by atoms with E-state index in [9.17, 15) is 13.2 Å². The minimum absolute atomic E-state index is 0.0468. The van der Waals surface area contributed by atoms with Crippen molar-refractivity contribution in [2.24, 2.45) is 5.73 Å². The number of primary amides is 1. The van der Waals surface area contributed by atoms with Crippen molar-refractivity contribution in [3.8, 4) is 6.07 Å². The van der Waals surface area contributed by atoms with E-state index < -0.39 is 15.7 Å². The number of hydrogen-bond acceptors (Lipinski definition) is 4. The molecule has 0 bridgehead atoms. The van der Waals surface area contributed by atoms with Gasteiger partial charge in [-0.2, -0.15) is 5.26 Å². The number of aryl methyl sites for hydroxylation is 1. The van der Waals surface area contributed by atoms with Crippen LogP contribution in [-0.4, -0.2) is 20.1 Å². The molecule has 0 aromatic heterocycles. The number of benzene rings is 2. The number of carbonyl (C=O) groups is 1. The van der Waals surface area contributed by atoms with Gasteiger partial charge in [-0.15, -0.1) is 0 Å². The smallest absolute Gasteiger partial charge is 0.248 e. The van der Waals surface area contributed by atoms with Crippen LogP contribution in [0.5, 0.6) is 0 Å². The number of nitrogens with two attached hydrogens (primary N) is 1. The van der Waals surface area contributed by atoms with Gasteiger partial charge >= 0.3 is 0 Å². The summed E-state index contributed by atoms with van der Waals surface area (Å²) < 4.78 is 24.4. The molecule has 2 aromatic rings. The van der Waals surface area contributed by atoms with E-state index >= 15 is 0 Å². The zero-order valence-corrected chi connectivity index (χ0v) is 12.5. The Morgan fingerprint density at radius 2 is 1.64 bits per heavy atom. The highest BCUT2D eigenvalue weighted by molar-refractivity contribution is 7.91. The quantitative estimate of drug-likeness (QED) is 0.907. The van der Waals surface area contributed by atoms with Gasteiger partial charge in [0.05, 0.1) is 22.3 Å². The second-order valence-corrected chi connectivity index (χ2v) is 6.88. The first-order valence-electron chi connectivity index (χ1n) is 6.54. The third-order valence-electron chi connectivity index (χ3n) is 3.24. The van der Waals surface area contributed by atoms with E-state index in [2.05, 4.69) is 0 Å². The van der Waals surface area contributed by atoms with Gasteiger partial charge in [-0.05, 0) is 48.4 Å². The van der Waals surface area contributed by atoms with Gasteiger partial charge in [0.25, 0.3) is 0 Å². The van der Waals surface area contributed by atoms with Gasteiger partial charge in [-0.1, -0.05) is 12.1 Å². The lowest BCUT2D eigenvalue weighted by Gasteiger charge is -2.05. The Labute approximate surface area is 128 Å². The summed E-state index contributed by atoms with van der Waals surface area (Å²) in [4.78, 5) is 11.2. The molecule has 5 nitrogen and oxygen atoms in total. The van der Waals surface area contributed by atoms with E-state index in [1.807, 2.05) is 6.07 Å². The molecule has 0 radical (unpaired) electrons. The van der Waals surface area contributed by atoms with Crippen LogP contribution >= 0.6 is 0 Å². The molecule has 0 atom stereocenters. The van der Waals surface area contributed by atoms with E-state index in [4.69, 9.17) is 11.0 Å². The summed E-state index contributed by atoms with van der Waals surface area (Å²) in [7, 11) is -3.41. The van der Waals surface area contributed by atoms with Gasteiger partial charge in [0.15, 0.2) is 9.84 Å². The molecule has 0 heterocycles. The Balaban J connectivity index is 2.08. The maximum atomic E-state index is 12.2. The molecule has 0 aliphatic rings. The van der Waals surface area contributed by atoms with Crippen molar-refractivity contribution in [3.63, 3.8) is 0 Å². The minimum Gasteiger partial charge on any atom is -0.366 e. The highest BCUT2D eigenvalue weighted by atomic mass is 32.2. The third-order valence-corrected chi connectivity index (χ3v) is 4.97. The summed E-state index contributed by atoms with van der Waals surface area (Å²) >= 11 is 0. The third kappa shape index (κ3) is 3.71. The first kappa shape index (κ1) is 15.7. The number of hydrogen-bond donors (Lipinski definition) is 1. The van der Waals surface area contributed by atoms with Crippen molar-refractivity contribution >= 4 is 15.7 Å². The summed E-state index contributed by atoms with van der Waals surface area (Å²) in [6.07, 6.45) is 0.335.